The number of hydrogen-bond acceptors (Lipinski definition) is 2. The van der Waals surface area contributed by atoms with E-state index in [4.69, 9.17) is 0 Å². The first-order valence-corrected chi connectivity index (χ1v) is 10.9. The topological polar surface area (TPSA) is 58.2 Å². The zero-order valence-electron chi connectivity index (χ0n) is 19.3. The van der Waals surface area contributed by atoms with Gasteiger partial charge in [0.1, 0.15) is 0 Å². The van der Waals surface area contributed by atoms with Crippen molar-refractivity contribution in [2.75, 3.05) is 10.6 Å². The Morgan fingerprint density at radius 2 is 0.821 bits per heavy atom. The van der Waals surface area contributed by atoms with Gasteiger partial charge in [-0.15, -0.1) is 0 Å². The molecule has 0 radical (unpaired) electrons. The van der Waals surface area contributed by atoms with Gasteiger partial charge in [-0.2, -0.15) is 0 Å². The molecule has 0 aliphatic heterocycles. The number of hydrogen-bond donors (Lipinski definition) is 2. The molecule has 0 atom stereocenters. The molecule has 4 rings (SSSR count). The normalized spacial score (nSPS) is 10.9. The van der Waals surface area contributed by atoms with Gasteiger partial charge in [-0.25, -0.2) is 35.1 Å². The van der Waals surface area contributed by atoms with Gasteiger partial charge in [0, 0.05) is 11.4 Å². The lowest BCUT2D eigenvalue weighted by Crippen LogP contribution is -2.16. The predicted molar refractivity (Wildman–Crippen MR) is 124 cm³/mol. The monoisotopic (exact) mass is 550 g/mol. The highest BCUT2D eigenvalue weighted by molar-refractivity contribution is 6.05. The van der Waals surface area contributed by atoms with E-state index in [2.05, 4.69) is 10.6 Å². The second kappa shape index (κ2) is 10.9. The fourth-order valence-electron chi connectivity index (χ4n) is 3.52. The molecule has 0 unspecified atom stereocenters. The molecule has 0 aromatic heterocycles. The van der Waals surface area contributed by atoms with Gasteiger partial charge in [-0.3, -0.25) is 9.59 Å². The first-order valence-electron chi connectivity index (χ1n) is 10.9. The highest BCUT2D eigenvalue weighted by Gasteiger charge is 2.24. The molecular formula is C27H14F8N2O2. The summed E-state index contributed by atoms with van der Waals surface area (Å²) in [5.41, 5.74) is -0.247. The fraction of sp³-hybridized carbons (Fsp3) is 0.0370. The van der Waals surface area contributed by atoms with Gasteiger partial charge >= 0.3 is 0 Å². The molecule has 0 fully saturated rings. The maximum absolute atomic E-state index is 13.8. The molecule has 39 heavy (non-hydrogen) atoms. The predicted octanol–water partition coefficient (Wildman–Crippen LogP) is 6.89. The minimum absolute atomic E-state index is 0.159. The van der Waals surface area contributed by atoms with Crippen LogP contribution in [0.1, 0.15) is 31.8 Å². The third kappa shape index (κ3) is 5.74. The van der Waals surface area contributed by atoms with Crippen LogP contribution in [-0.4, -0.2) is 11.8 Å². The van der Waals surface area contributed by atoms with Crippen LogP contribution < -0.4 is 10.6 Å². The highest BCUT2D eigenvalue weighted by atomic mass is 19.2. The molecule has 0 bridgehead atoms. The molecule has 0 saturated heterocycles. The Morgan fingerprint density at radius 1 is 0.487 bits per heavy atom. The van der Waals surface area contributed by atoms with Gasteiger partial charge in [-0.1, -0.05) is 24.3 Å². The molecule has 0 aliphatic carbocycles. The summed E-state index contributed by atoms with van der Waals surface area (Å²) >= 11 is 0. The first-order chi connectivity index (χ1) is 18.5. The number of benzene rings is 4. The largest absolute Gasteiger partial charge is 0.322 e. The Balaban J connectivity index is 1.39. The van der Waals surface area contributed by atoms with Crippen molar-refractivity contribution in [2.24, 2.45) is 0 Å². The Labute approximate surface area is 214 Å². The lowest BCUT2D eigenvalue weighted by Gasteiger charge is -2.10. The van der Waals surface area contributed by atoms with Crippen LogP contribution in [0.15, 0.2) is 60.7 Å². The van der Waals surface area contributed by atoms with Crippen molar-refractivity contribution in [3.63, 3.8) is 0 Å². The van der Waals surface area contributed by atoms with E-state index in [0.717, 1.165) is 11.1 Å². The van der Waals surface area contributed by atoms with Crippen LogP contribution >= 0.6 is 0 Å². The van der Waals surface area contributed by atoms with Crippen molar-refractivity contribution >= 4 is 23.2 Å². The number of carbonyl (C=O) groups is 2. The lowest BCUT2D eigenvalue weighted by atomic mass is 10.0. The molecule has 4 aromatic carbocycles. The number of carbonyl (C=O) groups excluding carboxylic acids is 2. The lowest BCUT2D eigenvalue weighted by molar-refractivity contribution is 0.101. The zero-order valence-corrected chi connectivity index (χ0v) is 19.3. The van der Waals surface area contributed by atoms with Gasteiger partial charge in [0.25, 0.3) is 11.8 Å². The average molecular weight is 550 g/mol. The van der Waals surface area contributed by atoms with Crippen molar-refractivity contribution in [1.29, 1.82) is 0 Å². The van der Waals surface area contributed by atoms with Crippen molar-refractivity contribution < 1.29 is 44.7 Å². The standard InChI is InChI=1S/C27H14F8N2O2/c28-18-10-16(20(30)24(34)22(18)32)26(38)36-14-5-1-12(2-6-14)9-13-3-7-15(8-4-13)37-27(39)17-11-19(29)23(33)25(35)21(17)31/h1-8,10-11H,9H2,(H,36,38)(H,37,39). The maximum Gasteiger partial charge on any atom is 0.258 e. The minimum Gasteiger partial charge on any atom is -0.322 e. The number of rotatable bonds is 6. The molecule has 0 aliphatic rings. The van der Waals surface area contributed by atoms with E-state index < -0.39 is 69.5 Å². The number of amides is 2. The summed E-state index contributed by atoms with van der Waals surface area (Å²) in [7, 11) is 0. The van der Waals surface area contributed by atoms with Crippen molar-refractivity contribution in [3.05, 3.63) is 129 Å². The van der Waals surface area contributed by atoms with E-state index in [1.54, 1.807) is 24.3 Å². The summed E-state index contributed by atoms with van der Waals surface area (Å²) < 4.78 is 107. The van der Waals surface area contributed by atoms with Gasteiger partial charge < -0.3 is 10.6 Å². The molecule has 200 valence electrons. The van der Waals surface area contributed by atoms with E-state index in [1.165, 1.54) is 24.3 Å². The van der Waals surface area contributed by atoms with E-state index in [-0.39, 0.29) is 23.5 Å². The number of anilines is 2. The van der Waals surface area contributed by atoms with Crippen LogP contribution in [0.5, 0.6) is 0 Å². The van der Waals surface area contributed by atoms with E-state index >= 15 is 0 Å². The number of nitrogens with one attached hydrogen (secondary N) is 2. The van der Waals surface area contributed by atoms with Crippen molar-refractivity contribution in [2.45, 2.75) is 6.42 Å². The molecule has 0 saturated carbocycles. The fourth-order valence-corrected chi connectivity index (χ4v) is 3.52. The zero-order chi connectivity index (χ0) is 28.4. The van der Waals surface area contributed by atoms with Gasteiger partial charge in [0.15, 0.2) is 46.5 Å². The third-order valence-corrected chi connectivity index (χ3v) is 5.53. The minimum atomic E-state index is -2.11. The summed E-state index contributed by atoms with van der Waals surface area (Å²) in [5, 5.41) is 4.50. The van der Waals surface area contributed by atoms with E-state index in [1.807, 2.05) is 0 Å². The van der Waals surface area contributed by atoms with E-state index in [0.29, 0.717) is 6.42 Å². The van der Waals surface area contributed by atoms with Gasteiger partial charge in [0.05, 0.1) is 11.1 Å². The Hall–Kier alpha value is -4.74. The van der Waals surface area contributed by atoms with Crippen LogP contribution in [0.4, 0.5) is 46.5 Å². The smallest absolute Gasteiger partial charge is 0.258 e. The van der Waals surface area contributed by atoms with Crippen LogP contribution in [-0.2, 0) is 6.42 Å². The van der Waals surface area contributed by atoms with Crippen LogP contribution in [0.2, 0.25) is 0 Å². The number of halogens is 8. The molecule has 12 heteroatoms. The summed E-state index contributed by atoms with van der Waals surface area (Å²) in [4.78, 5) is 24.4. The quantitative estimate of drug-likeness (QED) is 0.156. The van der Waals surface area contributed by atoms with E-state index in [9.17, 15) is 44.7 Å². The Kier molecular flexibility index (Phi) is 7.65. The molecular weight excluding hydrogens is 536 g/mol. The summed E-state index contributed by atoms with van der Waals surface area (Å²) in [6, 6.07) is 12.6. The SMILES string of the molecule is O=C(Nc1ccc(Cc2ccc(NC(=O)c3cc(F)c(F)c(F)c3F)cc2)cc1)c1cc(F)c(F)c(F)c1F. The molecule has 2 N–H and O–H groups in total. The third-order valence-electron chi connectivity index (χ3n) is 5.53. The summed E-state index contributed by atoms with van der Waals surface area (Å²) in [6.07, 6.45) is 0.356. The maximum atomic E-state index is 13.8. The van der Waals surface area contributed by atoms with Crippen LogP contribution in [0.3, 0.4) is 0 Å². The second-order valence-electron chi connectivity index (χ2n) is 8.17. The molecule has 2 amide bonds. The molecule has 0 heterocycles. The summed E-state index contributed by atoms with van der Waals surface area (Å²) in [6.45, 7) is 0. The highest BCUT2D eigenvalue weighted by Crippen LogP contribution is 2.22. The van der Waals surface area contributed by atoms with Crippen LogP contribution in [0.25, 0.3) is 0 Å². The molecule has 0 spiro atoms. The van der Waals surface area contributed by atoms with Crippen LogP contribution in [0, 0.1) is 46.5 Å². The van der Waals surface area contributed by atoms with Gasteiger partial charge in [-0.05, 0) is 53.9 Å². The van der Waals surface area contributed by atoms with Gasteiger partial charge in [0.2, 0.25) is 0 Å². The Morgan fingerprint density at radius 3 is 1.15 bits per heavy atom. The first kappa shape index (κ1) is 27.3. The second-order valence-corrected chi connectivity index (χ2v) is 8.17. The summed E-state index contributed by atoms with van der Waals surface area (Å²) in [5.74, 6) is -17.8. The van der Waals surface area contributed by atoms with Crippen molar-refractivity contribution in [3.8, 4) is 0 Å². The van der Waals surface area contributed by atoms with Crippen molar-refractivity contribution in [1.82, 2.24) is 0 Å². The Bertz CT molecular complexity index is 1470. The average Bonchev–Trinajstić information content (AvgIpc) is 2.92. The molecule has 4 aromatic rings. The molecule has 4 nitrogen and oxygen atoms in total.